The Morgan fingerprint density at radius 3 is 2.87 bits per heavy atom. The van der Waals surface area contributed by atoms with Crippen LogP contribution in [0.1, 0.15) is 12.0 Å². The van der Waals surface area contributed by atoms with Crippen molar-refractivity contribution in [2.45, 2.75) is 18.7 Å². The lowest BCUT2D eigenvalue weighted by Gasteiger charge is -2.18. The monoisotopic (exact) mass is 227 g/mol. The third-order valence-electron chi connectivity index (χ3n) is 2.61. The van der Waals surface area contributed by atoms with E-state index in [1.807, 2.05) is 0 Å². The molecule has 1 atom stereocenters. The molecule has 1 aromatic carbocycles. The number of benzene rings is 1. The van der Waals surface area contributed by atoms with Gasteiger partial charge in [-0.05, 0) is 19.1 Å². The molecule has 1 fully saturated rings. The van der Waals surface area contributed by atoms with Gasteiger partial charge in [-0.3, -0.25) is 4.79 Å². The fourth-order valence-corrected chi connectivity index (χ4v) is 2.06. The van der Waals surface area contributed by atoms with Crippen molar-refractivity contribution in [1.29, 1.82) is 0 Å². The lowest BCUT2D eigenvalue weighted by molar-refractivity contribution is -0.117. The van der Waals surface area contributed by atoms with E-state index in [9.17, 15) is 9.18 Å². The quantitative estimate of drug-likeness (QED) is 0.675. The van der Waals surface area contributed by atoms with Crippen molar-refractivity contribution < 1.29 is 9.18 Å². The van der Waals surface area contributed by atoms with Gasteiger partial charge in [0, 0.05) is 24.2 Å². The summed E-state index contributed by atoms with van der Waals surface area (Å²) in [5.74, 6) is -0.331. The molecule has 15 heavy (non-hydrogen) atoms. The standard InChI is InChI=1S/C11H11ClFNO/c1-7-9(13)3-2-4-10(7)14-6-8(12)5-11(14)15/h2-4,8H,5-6H2,1H3. The zero-order valence-corrected chi connectivity index (χ0v) is 9.09. The predicted molar refractivity (Wildman–Crippen MR) is 57.7 cm³/mol. The summed E-state index contributed by atoms with van der Waals surface area (Å²) in [6, 6.07) is 4.73. The van der Waals surface area contributed by atoms with Crippen LogP contribution in [0.4, 0.5) is 10.1 Å². The zero-order valence-electron chi connectivity index (χ0n) is 8.34. The molecule has 4 heteroatoms. The summed E-state index contributed by atoms with van der Waals surface area (Å²) in [7, 11) is 0. The van der Waals surface area contributed by atoms with Gasteiger partial charge in [-0.25, -0.2) is 4.39 Å². The van der Waals surface area contributed by atoms with Crippen LogP contribution < -0.4 is 4.90 Å². The largest absolute Gasteiger partial charge is 0.311 e. The minimum Gasteiger partial charge on any atom is -0.311 e. The second-order valence-corrected chi connectivity index (χ2v) is 4.31. The first kappa shape index (κ1) is 10.4. The molecule has 0 aliphatic carbocycles. The molecule has 1 saturated heterocycles. The van der Waals surface area contributed by atoms with Crippen molar-refractivity contribution in [3.63, 3.8) is 0 Å². The Morgan fingerprint density at radius 2 is 2.27 bits per heavy atom. The first-order valence-electron chi connectivity index (χ1n) is 4.79. The van der Waals surface area contributed by atoms with Crippen LogP contribution in [-0.2, 0) is 4.79 Å². The SMILES string of the molecule is Cc1c(F)cccc1N1CC(Cl)CC1=O. The van der Waals surface area contributed by atoms with E-state index in [-0.39, 0.29) is 17.1 Å². The molecule has 0 bridgehead atoms. The fraction of sp³-hybridized carbons (Fsp3) is 0.364. The van der Waals surface area contributed by atoms with Crippen LogP contribution in [0.15, 0.2) is 18.2 Å². The number of rotatable bonds is 1. The Balaban J connectivity index is 2.38. The van der Waals surface area contributed by atoms with Crippen LogP contribution in [-0.4, -0.2) is 17.8 Å². The Labute approximate surface area is 92.6 Å². The molecule has 80 valence electrons. The van der Waals surface area contributed by atoms with Crippen molar-refractivity contribution in [3.05, 3.63) is 29.6 Å². The summed E-state index contributed by atoms with van der Waals surface area (Å²) in [5.41, 5.74) is 1.12. The molecule has 2 rings (SSSR count). The van der Waals surface area contributed by atoms with E-state index >= 15 is 0 Å². The zero-order chi connectivity index (χ0) is 11.0. The number of halogens is 2. The number of carbonyl (C=O) groups excluding carboxylic acids is 1. The average Bonchev–Trinajstić information content (AvgIpc) is 2.50. The number of hydrogen-bond donors (Lipinski definition) is 0. The summed E-state index contributed by atoms with van der Waals surface area (Å²) in [6.07, 6.45) is 0.331. The van der Waals surface area contributed by atoms with Gasteiger partial charge in [0.05, 0.1) is 5.38 Å². The number of nitrogens with zero attached hydrogens (tertiary/aromatic N) is 1. The molecule has 0 N–H and O–H groups in total. The second-order valence-electron chi connectivity index (χ2n) is 3.69. The van der Waals surface area contributed by atoms with Gasteiger partial charge in [-0.2, -0.15) is 0 Å². The highest BCUT2D eigenvalue weighted by Crippen LogP contribution is 2.28. The predicted octanol–water partition coefficient (Wildman–Crippen LogP) is 2.48. The summed E-state index contributed by atoms with van der Waals surface area (Å²) >= 11 is 5.89. The van der Waals surface area contributed by atoms with Gasteiger partial charge in [0.2, 0.25) is 5.91 Å². The van der Waals surface area contributed by atoms with Crippen LogP contribution in [0, 0.1) is 12.7 Å². The van der Waals surface area contributed by atoms with Crippen LogP contribution in [0.2, 0.25) is 0 Å². The topological polar surface area (TPSA) is 20.3 Å². The molecule has 1 aliphatic heterocycles. The summed E-state index contributed by atoms with van der Waals surface area (Å²) < 4.78 is 13.3. The third kappa shape index (κ3) is 1.84. The first-order valence-corrected chi connectivity index (χ1v) is 5.23. The molecule has 1 aromatic rings. The minimum absolute atomic E-state index is 0.0382. The molecule has 1 amide bonds. The molecule has 0 saturated carbocycles. The highest BCUT2D eigenvalue weighted by molar-refractivity contribution is 6.24. The number of anilines is 1. The van der Waals surface area contributed by atoms with E-state index in [2.05, 4.69) is 0 Å². The minimum atomic E-state index is -0.293. The van der Waals surface area contributed by atoms with Gasteiger partial charge < -0.3 is 4.90 Å². The summed E-state index contributed by atoms with van der Waals surface area (Å²) in [6.45, 7) is 2.13. The van der Waals surface area contributed by atoms with Crippen molar-refractivity contribution in [2.75, 3.05) is 11.4 Å². The van der Waals surface area contributed by atoms with Crippen LogP contribution in [0.25, 0.3) is 0 Å². The van der Waals surface area contributed by atoms with Crippen LogP contribution in [0.5, 0.6) is 0 Å². The maximum absolute atomic E-state index is 13.3. The maximum atomic E-state index is 13.3. The van der Waals surface area contributed by atoms with Gasteiger partial charge >= 0.3 is 0 Å². The summed E-state index contributed by atoms with van der Waals surface area (Å²) in [4.78, 5) is 13.1. The van der Waals surface area contributed by atoms with E-state index in [1.54, 1.807) is 24.0 Å². The molecule has 0 radical (unpaired) electrons. The van der Waals surface area contributed by atoms with Gasteiger partial charge in [-0.1, -0.05) is 6.07 Å². The van der Waals surface area contributed by atoms with Gasteiger partial charge in [0.15, 0.2) is 0 Å². The van der Waals surface area contributed by atoms with Crippen molar-refractivity contribution >= 4 is 23.2 Å². The third-order valence-corrected chi connectivity index (χ3v) is 2.90. The Morgan fingerprint density at radius 1 is 1.53 bits per heavy atom. The molecular weight excluding hydrogens is 217 g/mol. The maximum Gasteiger partial charge on any atom is 0.228 e. The first-order chi connectivity index (χ1) is 7.09. The molecule has 1 aliphatic rings. The second kappa shape index (κ2) is 3.81. The highest BCUT2D eigenvalue weighted by Gasteiger charge is 2.30. The Bertz CT molecular complexity index is 408. The Kier molecular flexibility index (Phi) is 2.65. The molecule has 1 heterocycles. The molecule has 0 spiro atoms. The average molecular weight is 228 g/mol. The van der Waals surface area contributed by atoms with Gasteiger partial charge in [0.1, 0.15) is 5.82 Å². The number of carbonyl (C=O) groups is 1. The highest BCUT2D eigenvalue weighted by atomic mass is 35.5. The lowest BCUT2D eigenvalue weighted by Crippen LogP contribution is -2.25. The van der Waals surface area contributed by atoms with Gasteiger partial charge in [0.25, 0.3) is 0 Å². The van der Waals surface area contributed by atoms with E-state index in [0.717, 1.165) is 0 Å². The van der Waals surface area contributed by atoms with Gasteiger partial charge in [-0.15, -0.1) is 11.6 Å². The molecular formula is C11H11ClFNO. The van der Waals surface area contributed by atoms with E-state index in [4.69, 9.17) is 11.6 Å². The van der Waals surface area contributed by atoms with Crippen LogP contribution >= 0.6 is 11.6 Å². The molecule has 2 nitrogen and oxygen atoms in total. The molecule has 0 aromatic heterocycles. The number of alkyl halides is 1. The van der Waals surface area contributed by atoms with Crippen molar-refractivity contribution in [3.8, 4) is 0 Å². The smallest absolute Gasteiger partial charge is 0.228 e. The van der Waals surface area contributed by atoms with E-state index < -0.39 is 0 Å². The molecule has 1 unspecified atom stereocenters. The number of hydrogen-bond acceptors (Lipinski definition) is 1. The fourth-order valence-electron chi connectivity index (χ4n) is 1.79. The summed E-state index contributed by atoms with van der Waals surface area (Å²) in [5, 5.41) is -0.167. The number of amides is 1. The normalized spacial score (nSPS) is 21.1. The Hall–Kier alpha value is -1.09. The van der Waals surface area contributed by atoms with Crippen LogP contribution in [0.3, 0.4) is 0 Å². The van der Waals surface area contributed by atoms with E-state index in [1.165, 1.54) is 6.07 Å². The van der Waals surface area contributed by atoms with Crippen molar-refractivity contribution in [1.82, 2.24) is 0 Å². The lowest BCUT2D eigenvalue weighted by atomic mass is 10.2. The van der Waals surface area contributed by atoms with E-state index in [0.29, 0.717) is 24.2 Å². The van der Waals surface area contributed by atoms with Crippen molar-refractivity contribution in [2.24, 2.45) is 0 Å².